The number of amides is 1. The van der Waals surface area contributed by atoms with Gasteiger partial charge in [0.1, 0.15) is 11.5 Å². The van der Waals surface area contributed by atoms with E-state index in [1.165, 1.54) is 0 Å². The molecule has 0 aliphatic carbocycles. The summed E-state index contributed by atoms with van der Waals surface area (Å²) in [5, 5.41) is 7.68. The maximum atomic E-state index is 13.1. The number of fused-ring (bicyclic) bond motifs is 2. The molecule has 1 amide bonds. The summed E-state index contributed by atoms with van der Waals surface area (Å²) in [6.07, 6.45) is 4.87. The standard InChI is InChI=1S/C25H29N3O3/c1-15-13-25(2,3)28-23-19(15)11-18(31-5)12-21(23)24(29)26-9-8-16-14-27-22-7-6-17(30-4)10-20(16)22/h6-7,10-14,27-28H,8-9H2,1-5H3,(H,26,29). The molecule has 0 fully saturated rings. The molecule has 6 nitrogen and oxygen atoms in total. The van der Waals surface area contributed by atoms with Gasteiger partial charge in [-0.1, -0.05) is 6.08 Å². The fraction of sp³-hybridized carbons (Fsp3) is 0.320. The Hall–Kier alpha value is -3.41. The Bertz CT molecular complexity index is 1170. The molecule has 0 saturated carbocycles. The van der Waals surface area contributed by atoms with Crippen LogP contribution < -0.4 is 20.1 Å². The van der Waals surface area contributed by atoms with Crippen LogP contribution in [0.2, 0.25) is 0 Å². The van der Waals surface area contributed by atoms with E-state index in [9.17, 15) is 4.79 Å². The molecule has 4 rings (SSSR count). The zero-order chi connectivity index (χ0) is 22.2. The number of carbonyl (C=O) groups is 1. The second-order valence-electron chi connectivity index (χ2n) is 8.50. The Morgan fingerprint density at radius 3 is 2.61 bits per heavy atom. The first-order chi connectivity index (χ1) is 14.8. The van der Waals surface area contributed by atoms with Gasteiger partial charge >= 0.3 is 0 Å². The lowest BCUT2D eigenvalue weighted by atomic mass is 9.89. The van der Waals surface area contributed by atoms with Crippen molar-refractivity contribution in [2.24, 2.45) is 0 Å². The zero-order valence-electron chi connectivity index (χ0n) is 18.7. The predicted molar refractivity (Wildman–Crippen MR) is 125 cm³/mol. The van der Waals surface area contributed by atoms with E-state index in [0.29, 0.717) is 24.3 Å². The van der Waals surface area contributed by atoms with Crippen molar-refractivity contribution in [1.29, 1.82) is 0 Å². The van der Waals surface area contributed by atoms with E-state index < -0.39 is 0 Å². The molecular weight excluding hydrogens is 390 g/mol. The van der Waals surface area contributed by atoms with Crippen molar-refractivity contribution in [2.45, 2.75) is 32.7 Å². The van der Waals surface area contributed by atoms with E-state index in [1.807, 2.05) is 30.5 Å². The lowest BCUT2D eigenvalue weighted by Crippen LogP contribution is -2.34. The van der Waals surface area contributed by atoms with Gasteiger partial charge in [0.05, 0.1) is 31.0 Å². The molecule has 0 spiro atoms. The first kappa shape index (κ1) is 20.8. The van der Waals surface area contributed by atoms with Crippen molar-refractivity contribution in [2.75, 3.05) is 26.1 Å². The topological polar surface area (TPSA) is 75.4 Å². The van der Waals surface area contributed by atoms with Gasteiger partial charge in [-0.2, -0.15) is 0 Å². The molecule has 3 N–H and O–H groups in total. The Labute approximate surface area is 182 Å². The molecule has 0 atom stereocenters. The molecule has 3 aromatic rings. The Kier molecular flexibility index (Phi) is 5.39. The van der Waals surface area contributed by atoms with Crippen LogP contribution in [0.5, 0.6) is 11.5 Å². The summed E-state index contributed by atoms with van der Waals surface area (Å²) in [6.45, 7) is 6.77. The number of aromatic nitrogens is 1. The van der Waals surface area contributed by atoms with Crippen LogP contribution in [0, 0.1) is 0 Å². The quantitative estimate of drug-likeness (QED) is 0.538. The summed E-state index contributed by atoms with van der Waals surface area (Å²) in [5.74, 6) is 1.37. The largest absolute Gasteiger partial charge is 0.497 e. The van der Waals surface area contributed by atoms with E-state index >= 15 is 0 Å². The maximum Gasteiger partial charge on any atom is 0.253 e. The smallest absolute Gasteiger partial charge is 0.253 e. The van der Waals surface area contributed by atoms with Gasteiger partial charge in [0, 0.05) is 29.2 Å². The molecule has 0 unspecified atom stereocenters. The molecule has 1 aliphatic heterocycles. The number of aromatic amines is 1. The second kappa shape index (κ2) is 8.02. The number of allylic oxidation sites excluding steroid dienone is 1. The molecule has 162 valence electrons. The summed E-state index contributed by atoms with van der Waals surface area (Å²) in [5.41, 5.74) is 5.52. The van der Waals surface area contributed by atoms with E-state index in [-0.39, 0.29) is 11.4 Å². The van der Waals surface area contributed by atoms with E-state index in [2.05, 4.69) is 42.5 Å². The van der Waals surface area contributed by atoms with Crippen LogP contribution in [-0.2, 0) is 6.42 Å². The van der Waals surface area contributed by atoms with Gasteiger partial charge < -0.3 is 25.1 Å². The lowest BCUT2D eigenvalue weighted by Gasteiger charge is -2.33. The normalized spacial score (nSPS) is 14.4. The predicted octanol–water partition coefficient (Wildman–Crippen LogP) is 4.77. The maximum absolute atomic E-state index is 13.1. The molecule has 1 aliphatic rings. The highest BCUT2D eigenvalue weighted by Crippen LogP contribution is 2.38. The third kappa shape index (κ3) is 4.10. The highest BCUT2D eigenvalue weighted by atomic mass is 16.5. The Balaban J connectivity index is 1.55. The average molecular weight is 420 g/mol. The number of rotatable bonds is 6. The zero-order valence-corrected chi connectivity index (χ0v) is 18.7. The number of hydrogen-bond donors (Lipinski definition) is 3. The van der Waals surface area contributed by atoms with Crippen LogP contribution in [0.1, 0.15) is 42.3 Å². The number of ether oxygens (including phenoxy) is 2. The van der Waals surface area contributed by atoms with Crippen molar-refractivity contribution in [1.82, 2.24) is 10.3 Å². The van der Waals surface area contributed by atoms with Gasteiger partial charge in [0.25, 0.3) is 5.91 Å². The highest BCUT2D eigenvalue weighted by molar-refractivity contribution is 6.03. The Morgan fingerprint density at radius 1 is 1.10 bits per heavy atom. The van der Waals surface area contributed by atoms with Crippen LogP contribution in [0.4, 0.5) is 5.69 Å². The Morgan fingerprint density at radius 2 is 1.87 bits per heavy atom. The first-order valence-corrected chi connectivity index (χ1v) is 10.4. The van der Waals surface area contributed by atoms with Crippen molar-refractivity contribution >= 4 is 28.1 Å². The molecule has 31 heavy (non-hydrogen) atoms. The van der Waals surface area contributed by atoms with Crippen molar-refractivity contribution in [3.63, 3.8) is 0 Å². The molecule has 1 aromatic heterocycles. The number of methoxy groups -OCH3 is 2. The first-order valence-electron chi connectivity index (χ1n) is 10.4. The van der Waals surface area contributed by atoms with Crippen LogP contribution in [0.3, 0.4) is 0 Å². The molecule has 6 heteroatoms. The van der Waals surface area contributed by atoms with Crippen LogP contribution in [0.25, 0.3) is 16.5 Å². The number of hydrogen-bond acceptors (Lipinski definition) is 4. The molecule has 0 saturated heterocycles. The van der Waals surface area contributed by atoms with E-state index in [1.54, 1.807) is 20.3 Å². The average Bonchev–Trinajstić information content (AvgIpc) is 3.14. The van der Waals surface area contributed by atoms with Crippen molar-refractivity contribution < 1.29 is 14.3 Å². The van der Waals surface area contributed by atoms with Crippen LogP contribution in [0.15, 0.2) is 42.6 Å². The summed E-state index contributed by atoms with van der Waals surface area (Å²) in [6, 6.07) is 9.72. The van der Waals surface area contributed by atoms with Gasteiger partial charge in [-0.25, -0.2) is 0 Å². The number of benzene rings is 2. The summed E-state index contributed by atoms with van der Waals surface area (Å²) in [7, 11) is 3.28. The molecule has 2 heterocycles. The van der Waals surface area contributed by atoms with Gasteiger partial charge in [-0.05, 0) is 68.7 Å². The number of carbonyl (C=O) groups excluding carboxylic acids is 1. The number of nitrogens with one attached hydrogen (secondary N) is 3. The summed E-state index contributed by atoms with van der Waals surface area (Å²) in [4.78, 5) is 16.4. The van der Waals surface area contributed by atoms with Crippen LogP contribution >= 0.6 is 0 Å². The monoisotopic (exact) mass is 419 g/mol. The molecule has 0 bridgehead atoms. The number of H-pyrrole nitrogens is 1. The third-order valence-electron chi connectivity index (χ3n) is 5.70. The summed E-state index contributed by atoms with van der Waals surface area (Å²) >= 11 is 0. The highest BCUT2D eigenvalue weighted by Gasteiger charge is 2.27. The number of anilines is 1. The molecule has 0 radical (unpaired) electrons. The van der Waals surface area contributed by atoms with Gasteiger partial charge in [0.2, 0.25) is 0 Å². The summed E-state index contributed by atoms with van der Waals surface area (Å²) < 4.78 is 10.8. The SMILES string of the molecule is COc1cc(C(=O)NCCc2c[nH]c3ccc(OC)cc23)c2c(c1)C(C)=CC(C)(C)N2. The molecular formula is C25H29N3O3. The minimum Gasteiger partial charge on any atom is -0.497 e. The lowest BCUT2D eigenvalue weighted by molar-refractivity contribution is 0.0954. The fourth-order valence-electron chi connectivity index (χ4n) is 4.23. The van der Waals surface area contributed by atoms with E-state index in [4.69, 9.17) is 9.47 Å². The van der Waals surface area contributed by atoms with Gasteiger partial charge in [-0.15, -0.1) is 0 Å². The minimum atomic E-state index is -0.232. The fourth-order valence-corrected chi connectivity index (χ4v) is 4.23. The van der Waals surface area contributed by atoms with Crippen molar-refractivity contribution in [3.8, 4) is 11.5 Å². The van der Waals surface area contributed by atoms with E-state index in [0.717, 1.165) is 39.0 Å². The van der Waals surface area contributed by atoms with Gasteiger partial charge in [-0.3, -0.25) is 4.79 Å². The van der Waals surface area contributed by atoms with Crippen molar-refractivity contribution in [3.05, 3.63) is 59.3 Å². The van der Waals surface area contributed by atoms with Gasteiger partial charge in [0.15, 0.2) is 0 Å². The van der Waals surface area contributed by atoms with Crippen LogP contribution in [-0.4, -0.2) is 37.2 Å². The molecule has 2 aromatic carbocycles. The minimum absolute atomic E-state index is 0.120. The second-order valence-corrected chi connectivity index (χ2v) is 8.50. The third-order valence-corrected chi connectivity index (χ3v) is 5.70.